The number of halogens is 2. The Morgan fingerprint density at radius 1 is 1.31 bits per heavy atom. The number of nitrogens with two attached hydrogens (primary N) is 1. The maximum absolute atomic E-state index is 5.72. The molecule has 0 amide bonds. The van der Waals surface area contributed by atoms with Crippen molar-refractivity contribution in [2.45, 2.75) is 6.92 Å². The van der Waals surface area contributed by atoms with Gasteiger partial charge in [0.05, 0.1) is 5.52 Å². The lowest BCUT2D eigenvalue weighted by molar-refractivity contribution is 1.30. The summed E-state index contributed by atoms with van der Waals surface area (Å²) < 4.78 is 1.18. The summed E-state index contributed by atoms with van der Waals surface area (Å²) in [5.41, 5.74) is 8.90. The molecule has 1 aromatic carbocycles. The quantitative estimate of drug-likeness (QED) is 0.570. The molecule has 0 spiro atoms. The molecule has 70 valence electrons. The third-order valence-electron chi connectivity index (χ3n) is 1.84. The molecule has 0 aliphatic rings. The second kappa shape index (κ2) is 3.75. The van der Waals surface area contributed by atoms with Gasteiger partial charge in [0.2, 0.25) is 0 Å². The van der Waals surface area contributed by atoms with E-state index in [1.54, 1.807) is 0 Å². The Bertz CT molecular complexity index is 436. The number of rotatable bonds is 0. The standard InChI is InChI=1S/C9H9IN2.ClH/c1-5-2-6-3-7(11)4-8(10)9(6)12-5;/h2-4,12H,11H2,1H3;1H. The van der Waals surface area contributed by atoms with Crippen LogP contribution in [0, 0.1) is 10.5 Å². The van der Waals surface area contributed by atoms with Crippen LogP contribution in [0.15, 0.2) is 18.2 Å². The van der Waals surface area contributed by atoms with E-state index in [0.717, 1.165) is 5.69 Å². The van der Waals surface area contributed by atoms with Gasteiger partial charge in [0.15, 0.2) is 0 Å². The van der Waals surface area contributed by atoms with Gasteiger partial charge in [0.1, 0.15) is 0 Å². The van der Waals surface area contributed by atoms with Gasteiger partial charge < -0.3 is 10.7 Å². The zero-order chi connectivity index (χ0) is 8.72. The summed E-state index contributed by atoms with van der Waals surface area (Å²) in [5, 5.41) is 1.19. The first-order valence-corrected chi connectivity index (χ1v) is 4.79. The molecular weight excluding hydrogens is 298 g/mol. The van der Waals surface area contributed by atoms with Gasteiger partial charge in [-0.25, -0.2) is 0 Å². The number of aromatic nitrogens is 1. The lowest BCUT2D eigenvalue weighted by Crippen LogP contribution is -1.85. The van der Waals surface area contributed by atoms with Crippen LogP contribution < -0.4 is 5.73 Å². The fraction of sp³-hybridized carbons (Fsp3) is 0.111. The molecule has 0 radical (unpaired) electrons. The van der Waals surface area contributed by atoms with Crippen LogP contribution in [-0.2, 0) is 0 Å². The highest BCUT2D eigenvalue weighted by atomic mass is 127. The number of fused-ring (bicyclic) bond motifs is 1. The lowest BCUT2D eigenvalue weighted by atomic mass is 10.2. The van der Waals surface area contributed by atoms with E-state index in [1.807, 2.05) is 19.1 Å². The smallest absolute Gasteiger partial charge is 0.0593 e. The molecule has 0 fully saturated rings. The molecule has 0 unspecified atom stereocenters. The Balaban J connectivity index is 0.000000845. The lowest BCUT2D eigenvalue weighted by Gasteiger charge is -1.96. The van der Waals surface area contributed by atoms with Crippen molar-refractivity contribution in [1.82, 2.24) is 4.98 Å². The summed E-state index contributed by atoms with van der Waals surface area (Å²) in [4.78, 5) is 3.29. The van der Waals surface area contributed by atoms with Crippen LogP contribution in [0.3, 0.4) is 0 Å². The first-order valence-electron chi connectivity index (χ1n) is 3.71. The predicted molar refractivity (Wildman–Crippen MR) is 67.4 cm³/mol. The average molecular weight is 309 g/mol. The maximum atomic E-state index is 5.72. The van der Waals surface area contributed by atoms with Crippen molar-refractivity contribution in [1.29, 1.82) is 0 Å². The second-order valence-electron chi connectivity index (χ2n) is 2.92. The van der Waals surface area contributed by atoms with Crippen LogP contribution in [0.25, 0.3) is 10.9 Å². The Labute approximate surface area is 96.4 Å². The molecule has 0 aliphatic carbocycles. The van der Waals surface area contributed by atoms with Gasteiger partial charge in [-0.2, -0.15) is 0 Å². The third-order valence-corrected chi connectivity index (χ3v) is 2.69. The Kier molecular flexibility index (Phi) is 3.08. The van der Waals surface area contributed by atoms with E-state index in [9.17, 15) is 0 Å². The summed E-state index contributed by atoms with van der Waals surface area (Å²) in [5.74, 6) is 0. The molecule has 3 N–H and O–H groups in total. The van der Waals surface area contributed by atoms with Crippen LogP contribution in [0.2, 0.25) is 0 Å². The highest BCUT2D eigenvalue weighted by Gasteiger charge is 2.02. The molecule has 2 aromatic rings. The zero-order valence-corrected chi connectivity index (χ0v) is 10.1. The second-order valence-corrected chi connectivity index (χ2v) is 4.08. The Morgan fingerprint density at radius 2 is 2.00 bits per heavy atom. The summed E-state index contributed by atoms with van der Waals surface area (Å²) in [6, 6.07) is 6.06. The van der Waals surface area contributed by atoms with E-state index in [-0.39, 0.29) is 12.4 Å². The fourth-order valence-electron chi connectivity index (χ4n) is 1.36. The SMILES string of the molecule is Cc1cc2cc(N)cc(I)c2[nH]1.Cl. The zero-order valence-electron chi connectivity index (χ0n) is 7.10. The van der Waals surface area contributed by atoms with Crippen LogP contribution in [0.1, 0.15) is 5.69 Å². The van der Waals surface area contributed by atoms with E-state index in [0.29, 0.717) is 0 Å². The molecule has 1 heterocycles. The normalized spacial score (nSPS) is 10.0. The highest BCUT2D eigenvalue weighted by Crippen LogP contribution is 2.23. The van der Waals surface area contributed by atoms with Crippen molar-refractivity contribution < 1.29 is 0 Å². The van der Waals surface area contributed by atoms with Gasteiger partial charge >= 0.3 is 0 Å². The number of aromatic amines is 1. The van der Waals surface area contributed by atoms with Crippen LogP contribution in [0.4, 0.5) is 5.69 Å². The van der Waals surface area contributed by atoms with Gasteiger partial charge in [0.25, 0.3) is 0 Å². The van der Waals surface area contributed by atoms with Gasteiger partial charge in [-0.1, -0.05) is 0 Å². The molecule has 2 nitrogen and oxygen atoms in total. The summed E-state index contributed by atoms with van der Waals surface area (Å²) in [7, 11) is 0. The summed E-state index contributed by atoms with van der Waals surface area (Å²) in [6.07, 6.45) is 0. The minimum Gasteiger partial charge on any atom is -0.399 e. The Morgan fingerprint density at radius 3 is 2.69 bits per heavy atom. The molecule has 0 saturated carbocycles. The number of nitrogens with one attached hydrogen (secondary N) is 1. The van der Waals surface area contributed by atoms with Crippen LogP contribution >= 0.6 is 35.0 Å². The van der Waals surface area contributed by atoms with Gasteiger partial charge in [-0.05, 0) is 47.7 Å². The summed E-state index contributed by atoms with van der Waals surface area (Å²) >= 11 is 2.29. The largest absolute Gasteiger partial charge is 0.399 e. The average Bonchev–Trinajstić information content (AvgIpc) is 2.29. The Hall–Kier alpha value is -0.420. The number of nitrogen functional groups attached to an aromatic ring is 1. The third kappa shape index (κ3) is 1.91. The minimum atomic E-state index is 0. The molecule has 13 heavy (non-hydrogen) atoms. The fourth-order valence-corrected chi connectivity index (χ4v) is 2.17. The monoisotopic (exact) mass is 308 g/mol. The first-order chi connectivity index (χ1) is 5.66. The van der Waals surface area contributed by atoms with Crippen molar-refractivity contribution in [3.63, 3.8) is 0 Å². The number of aryl methyl sites for hydroxylation is 1. The topological polar surface area (TPSA) is 41.8 Å². The molecule has 4 heteroatoms. The molecule has 0 saturated heterocycles. The number of hydrogen-bond donors (Lipinski definition) is 2. The van der Waals surface area contributed by atoms with Crippen LogP contribution in [0.5, 0.6) is 0 Å². The maximum Gasteiger partial charge on any atom is 0.0593 e. The molecule has 2 rings (SSSR count). The number of hydrogen-bond acceptors (Lipinski definition) is 1. The molecule has 1 aromatic heterocycles. The van der Waals surface area contributed by atoms with E-state index in [2.05, 4.69) is 33.6 Å². The number of anilines is 1. The van der Waals surface area contributed by atoms with Gasteiger partial charge in [-0.15, -0.1) is 12.4 Å². The van der Waals surface area contributed by atoms with E-state index in [1.165, 1.54) is 20.2 Å². The van der Waals surface area contributed by atoms with E-state index >= 15 is 0 Å². The van der Waals surface area contributed by atoms with E-state index in [4.69, 9.17) is 5.73 Å². The van der Waals surface area contributed by atoms with Crippen molar-refractivity contribution in [3.05, 3.63) is 27.5 Å². The number of benzene rings is 1. The molecule has 0 aliphatic heterocycles. The van der Waals surface area contributed by atoms with Crippen molar-refractivity contribution >= 4 is 51.6 Å². The van der Waals surface area contributed by atoms with Crippen molar-refractivity contribution in [2.24, 2.45) is 0 Å². The molecule has 0 bridgehead atoms. The van der Waals surface area contributed by atoms with Crippen molar-refractivity contribution in [2.75, 3.05) is 5.73 Å². The van der Waals surface area contributed by atoms with Crippen LogP contribution in [-0.4, -0.2) is 4.98 Å². The molecule has 0 atom stereocenters. The summed E-state index contributed by atoms with van der Waals surface area (Å²) in [6.45, 7) is 2.05. The molecular formula is C9H10ClIN2. The first kappa shape index (κ1) is 10.7. The predicted octanol–water partition coefficient (Wildman–Crippen LogP) is 3.08. The number of H-pyrrole nitrogens is 1. The van der Waals surface area contributed by atoms with E-state index < -0.39 is 0 Å². The highest BCUT2D eigenvalue weighted by molar-refractivity contribution is 14.1. The van der Waals surface area contributed by atoms with Gasteiger partial charge in [0, 0.05) is 20.3 Å². The van der Waals surface area contributed by atoms with Crippen molar-refractivity contribution in [3.8, 4) is 0 Å². The minimum absolute atomic E-state index is 0. The van der Waals surface area contributed by atoms with Gasteiger partial charge in [-0.3, -0.25) is 0 Å².